The number of nitrogens with one attached hydrogen (secondary N) is 1. The summed E-state index contributed by atoms with van der Waals surface area (Å²) in [5, 5.41) is 3.48. The maximum absolute atomic E-state index is 5.85. The molecule has 2 nitrogen and oxygen atoms in total. The fourth-order valence-electron chi connectivity index (χ4n) is 2.09. The molecule has 0 saturated heterocycles. The summed E-state index contributed by atoms with van der Waals surface area (Å²) in [7, 11) is 0. The molecule has 0 amide bonds. The van der Waals surface area contributed by atoms with Crippen LogP contribution in [0.5, 0.6) is 0 Å². The Morgan fingerprint density at radius 2 is 1.53 bits per heavy atom. The van der Waals surface area contributed by atoms with Gasteiger partial charge in [-0.25, -0.2) is 0 Å². The van der Waals surface area contributed by atoms with Crippen molar-refractivity contribution in [1.29, 1.82) is 0 Å². The summed E-state index contributed by atoms with van der Waals surface area (Å²) in [4.78, 5) is 0. The van der Waals surface area contributed by atoms with Crippen LogP contribution >= 0.6 is 0 Å². The van der Waals surface area contributed by atoms with E-state index in [0.29, 0.717) is 12.1 Å². The molecule has 0 fully saturated rings. The minimum Gasteiger partial charge on any atom is -0.379 e. The molecule has 0 aliphatic heterocycles. The van der Waals surface area contributed by atoms with Gasteiger partial charge in [0.05, 0.1) is 6.10 Å². The van der Waals surface area contributed by atoms with E-state index in [-0.39, 0.29) is 0 Å². The van der Waals surface area contributed by atoms with Crippen molar-refractivity contribution in [2.24, 2.45) is 11.8 Å². The van der Waals surface area contributed by atoms with Crippen LogP contribution in [0.3, 0.4) is 0 Å². The molecule has 0 radical (unpaired) electrons. The molecule has 0 aromatic carbocycles. The van der Waals surface area contributed by atoms with Crippen molar-refractivity contribution in [3.8, 4) is 0 Å². The topological polar surface area (TPSA) is 21.3 Å². The summed E-state index contributed by atoms with van der Waals surface area (Å²) in [5.74, 6) is 1.57. The summed E-state index contributed by atoms with van der Waals surface area (Å²) < 4.78 is 5.85. The highest BCUT2D eigenvalue weighted by Gasteiger charge is 2.07. The van der Waals surface area contributed by atoms with E-state index in [9.17, 15) is 0 Å². The third-order valence-electron chi connectivity index (χ3n) is 3.59. The van der Waals surface area contributed by atoms with Crippen LogP contribution in [0.15, 0.2) is 0 Å². The van der Waals surface area contributed by atoms with Gasteiger partial charge in [-0.05, 0) is 57.4 Å². The molecule has 0 rings (SSSR count). The molecule has 0 bridgehead atoms. The summed E-state index contributed by atoms with van der Waals surface area (Å²) >= 11 is 0. The largest absolute Gasteiger partial charge is 0.379 e. The Balaban J connectivity index is 3.42. The molecule has 0 spiro atoms. The highest BCUT2D eigenvalue weighted by atomic mass is 16.5. The number of rotatable bonds is 12. The predicted octanol–water partition coefficient (Wildman–Crippen LogP) is 4.63. The molecule has 116 valence electrons. The van der Waals surface area contributed by atoms with Gasteiger partial charge in [0.2, 0.25) is 0 Å². The van der Waals surface area contributed by atoms with E-state index in [0.717, 1.165) is 25.0 Å². The minimum atomic E-state index is 0.426. The quantitative estimate of drug-likeness (QED) is 0.522. The van der Waals surface area contributed by atoms with Crippen LogP contribution < -0.4 is 5.32 Å². The van der Waals surface area contributed by atoms with Gasteiger partial charge in [-0.3, -0.25) is 0 Å². The Bertz CT molecular complexity index is 192. The van der Waals surface area contributed by atoms with Crippen molar-refractivity contribution in [3.05, 3.63) is 0 Å². The Kier molecular flexibility index (Phi) is 11.7. The predicted molar refractivity (Wildman–Crippen MR) is 85.6 cm³/mol. The van der Waals surface area contributed by atoms with Crippen molar-refractivity contribution < 1.29 is 4.74 Å². The zero-order valence-electron chi connectivity index (χ0n) is 14.2. The van der Waals surface area contributed by atoms with Crippen LogP contribution in [0.2, 0.25) is 0 Å². The lowest BCUT2D eigenvalue weighted by molar-refractivity contribution is 0.0492. The number of ether oxygens (including phenoxy) is 1. The SMILES string of the molecule is CC(C)CCOC(C)CCC(C)CCCNC(C)C. The van der Waals surface area contributed by atoms with Crippen LogP contribution in [-0.2, 0) is 4.74 Å². The zero-order valence-corrected chi connectivity index (χ0v) is 14.2. The minimum absolute atomic E-state index is 0.426. The normalized spacial score (nSPS) is 15.2. The molecule has 0 aliphatic carbocycles. The molecule has 1 N–H and O–H groups in total. The molecule has 0 heterocycles. The monoisotopic (exact) mass is 271 g/mol. The third kappa shape index (κ3) is 14.1. The van der Waals surface area contributed by atoms with Crippen molar-refractivity contribution in [3.63, 3.8) is 0 Å². The molecule has 2 unspecified atom stereocenters. The van der Waals surface area contributed by atoms with E-state index in [1.807, 2.05) is 0 Å². The second-order valence-corrected chi connectivity index (χ2v) is 6.80. The average Bonchev–Trinajstić information content (AvgIpc) is 2.31. The molecule has 19 heavy (non-hydrogen) atoms. The van der Waals surface area contributed by atoms with E-state index >= 15 is 0 Å². The Hall–Kier alpha value is -0.0800. The fraction of sp³-hybridized carbons (Fsp3) is 1.00. The van der Waals surface area contributed by atoms with E-state index in [2.05, 4.69) is 46.9 Å². The lowest BCUT2D eigenvalue weighted by Gasteiger charge is -2.17. The highest BCUT2D eigenvalue weighted by molar-refractivity contribution is 4.60. The van der Waals surface area contributed by atoms with Crippen molar-refractivity contribution in [2.45, 2.75) is 85.8 Å². The zero-order chi connectivity index (χ0) is 14.7. The molecule has 2 atom stereocenters. The van der Waals surface area contributed by atoms with Gasteiger partial charge in [0, 0.05) is 12.6 Å². The van der Waals surface area contributed by atoms with E-state index in [1.165, 1.54) is 32.1 Å². The first-order valence-electron chi connectivity index (χ1n) is 8.26. The van der Waals surface area contributed by atoms with Gasteiger partial charge < -0.3 is 10.1 Å². The Morgan fingerprint density at radius 3 is 2.11 bits per heavy atom. The summed E-state index contributed by atoms with van der Waals surface area (Å²) in [6.45, 7) is 15.6. The standard InChI is InChI=1S/C17H37NO/c1-14(2)11-13-19-17(6)10-9-16(5)8-7-12-18-15(3)4/h14-18H,7-13H2,1-6H3. The Morgan fingerprint density at radius 1 is 0.842 bits per heavy atom. The summed E-state index contributed by atoms with van der Waals surface area (Å²) in [6.07, 6.45) is 6.73. The second kappa shape index (κ2) is 11.7. The summed E-state index contributed by atoms with van der Waals surface area (Å²) in [6, 6.07) is 0.615. The summed E-state index contributed by atoms with van der Waals surface area (Å²) in [5.41, 5.74) is 0. The van der Waals surface area contributed by atoms with E-state index in [1.54, 1.807) is 0 Å². The Labute approximate surface area is 121 Å². The first-order valence-corrected chi connectivity index (χ1v) is 8.26. The first-order chi connectivity index (χ1) is 8.91. The van der Waals surface area contributed by atoms with Gasteiger partial charge in [-0.1, -0.05) is 34.6 Å². The lowest BCUT2D eigenvalue weighted by Crippen LogP contribution is -2.24. The van der Waals surface area contributed by atoms with Crippen LogP contribution in [-0.4, -0.2) is 25.3 Å². The van der Waals surface area contributed by atoms with Crippen molar-refractivity contribution in [2.75, 3.05) is 13.2 Å². The number of hydrogen-bond acceptors (Lipinski definition) is 2. The fourth-order valence-corrected chi connectivity index (χ4v) is 2.09. The van der Waals surface area contributed by atoms with Crippen LogP contribution in [0, 0.1) is 11.8 Å². The lowest BCUT2D eigenvalue weighted by atomic mass is 9.98. The van der Waals surface area contributed by atoms with Crippen LogP contribution in [0.1, 0.15) is 73.6 Å². The highest BCUT2D eigenvalue weighted by Crippen LogP contribution is 2.15. The van der Waals surface area contributed by atoms with E-state index in [4.69, 9.17) is 4.74 Å². The molecule has 0 aliphatic rings. The second-order valence-electron chi connectivity index (χ2n) is 6.80. The van der Waals surface area contributed by atoms with Crippen LogP contribution in [0.25, 0.3) is 0 Å². The van der Waals surface area contributed by atoms with Crippen molar-refractivity contribution in [1.82, 2.24) is 5.32 Å². The molecular formula is C17H37NO. The molecule has 0 aromatic rings. The molecule has 0 saturated carbocycles. The van der Waals surface area contributed by atoms with Gasteiger partial charge in [0.25, 0.3) is 0 Å². The average molecular weight is 271 g/mol. The van der Waals surface area contributed by atoms with Gasteiger partial charge in [0.1, 0.15) is 0 Å². The smallest absolute Gasteiger partial charge is 0.0547 e. The molecule has 2 heteroatoms. The van der Waals surface area contributed by atoms with Gasteiger partial charge in [-0.15, -0.1) is 0 Å². The van der Waals surface area contributed by atoms with Gasteiger partial charge in [-0.2, -0.15) is 0 Å². The molecule has 0 aromatic heterocycles. The van der Waals surface area contributed by atoms with Gasteiger partial charge >= 0.3 is 0 Å². The first kappa shape index (κ1) is 18.9. The van der Waals surface area contributed by atoms with E-state index < -0.39 is 0 Å². The third-order valence-corrected chi connectivity index (χ3v) is 3.59. The van der Waals surface area contributed by atoms with Crippen LogP contribution in [0.4, 0.5) is 0 Å². The number of hydrogen-bond donors (Lipinski definition) is 1. The molecular weight excluding hydrogens is 234 g/mol. The van der Waals surface area contributed by atoms with Gasteiger partial charge in [0.15, 0.2) is 0 Å². The van der Waals surface area contributed by atoms with Crippen molar-refractivity contribution >= 4 is 0 Å². The maximum Gasteiger partial charge on any atom is 0.0547 e. The maximum atomic E-state index is 5.85.